The Morgan fingerprint density at radius 1 is 1.14 bits per heavy atom. The largest absolute Gasteiger partial charge is 0.489 e. The molecule has 0 atom stereocenters. The molecule has 1 saturated carbocycles. The molecule has 1 saturated heterocycles. The number of hydrogen-bond donors (Lipinski definition) is 1. The summed E-state index contributed by atoms with van der Waals surface area (Å²) in [5, 5.41) is 3.69. The monoisotopic (exact) mass is 328 g/mol. The SMILES string of the molecule is Cl.Fc1ccccc1OCCN1CCC(NCC2CC2)CC1. The summed E-state index contributed by atoms with van der Waals surface area (Å²) in [7, 11) is 0. The van der Waals surface area contributed by atoms with E-state index in [-0.39, 0.29) is 18.2 Å². The van der Waals surface area contributed by atoms with E-state index < -0.39 is 0 Å². The molecule has 1 aliphatic heterocycles. The first-order valence-electron chi connectivity index (χ1n) is 8.14. The number of piperidine rings is 1. The second-order valence-electron chi connectivity index (χ2n) is 6.25. The topological polar surface area (TPSA) is 24.5 Å². The number of para-hydroxylation sites is 1. The second kappa shape index (κ2) is 8.70. The molecule has 1 aromatic rings. The van der Waals surface area contributed by atoms with Gasteiger partial charge in [0, 0.05) is 12.6 Å². The van der Waals surface area contributed by atoms with Crippen LogP contribution in [0.1, 0.15) is 25.7 Å². The number of ether oxygens (including phenoxy) is 1. The van der Waals surface area contributed by atoms with Crippen molar-refractivity contribution in [2.75, 3.05) is 32.8 Å². The smallest absolute Gasteiger partial charge is 0.165 e. The minimum atomic E-state index is -0.277. The van der Waals surface area contributed by atoms with Gasteiger partial charge in [-0.1, -0.05) is 12.1 Å². The first kappa shape index (κ1) is 17.5. The Bertz CT molecular complexity index is 448. The normalized spacial score (nSPS) is 19.7. The van der Waals surface area contributed by atoms with Gasteiger partial charge in [0.05, 0.1) is 0 Å². The summed E-state index contributed by atoms with van der Waals surface area (Å²) >= 11 is 0. The van der Waals surface area contributed by atoms with Crippen molar-refractivity contribution >= 4 is 12.4 Å². The average molecular weight is 329 g/mol. The minimum Gasteiger partial charge on any atom is -0.489 e. The minimum absolute atomic E-state index is 0. The van der Waals surface area contributed by atoms with Crippen LogP contribution in [0.5, 0.6) is 5.75 Å². The Labute approximate surface area is 138 Å². The molecule has 22 heavy (non-hydrogen) atoms. The van der Waals surface area contributed by atoms with Crippen molar-refractivity contribution < 1.29 is 9.13 Å². The number of halogens is 2. The van der Waals surface area contributed by atoms with E-state index in [4.69, 9.17) is 4.74 Å². The van der Waals surface area contributed by atoms with Crippen molar-refractivity contribution in [2.45, 2.75) is 31.7 Å². The van der Waals surface area contributed by atoms with Gasteiger partial charge in [0.15, 0.2) is 11.6 Å². The molecule has 1 aliphatic carbocycles. The van der Waals surface area contributed by atoms with Crippen LogP contribution in [0, 0.1) is 11.7 Å². The van der Waals surface area contributed by atoms with Crippen LogP contribution in [-0.2, 0) is 0 Å². The van der Waals surface area contributed by atoms with Crippen molar-refractivity contribution in [2.24, 2.45) is 5.92 Å². The predicted molar refractivity (Wildman–Crippen MR) is 89.3 cm³/mol. The summed E-state index contributed by atoms with van der Waals surface area (Å²) in [5.74, 6) is 1.04. The number of nitrogens with one attached hydrogen (secondary N) is 1. The fraction of sp³-hybridized carbons (Fsp3) is 0.647. The third-order valence-corrected chi connectivity index (χ3v) is 4.48. The molecule has 2 fully saturated rings. The molecule has 0 amide bonds. The van der Waals surface area contributed by atoms with Gasteiger partial charge in [-0.15, -0.1) is 12.4 Å². The maximum absolute atomic E-state index is 13.4. The van der Waals surface area contributed by atoms with Crippen LogP contribution >= 0.6 is 12.4 Å². The third-order valence-electron chi connectivity index (χ3n) is 4.48. The van der Waals surface area contributed by atoms with Gasteiger partial charge in [-0.3, -0.25) is 4.90 Å². The van der Waals surface area contributed by atoms with Gasteiger partial charge < -0.3 is 10.1 Å². The summed E-state index contributed by atoms with van der Waals surface area (Å²) in [6.07, 6.45) is 5.26. The maximum Gasteiger partial charge on any atom is 0.165 e. The van der Waals surface area contributed by atoms with Gasteiger partial charge in [-0.25, -0.2) is 4.39 Å². The van der Waals surface area contributed by atoms with Gasteiger partial charge in [0.1, 0.15) is 6.61 Å². The molecule has 0 aromatic heterocycles. The predicted octanol–water partition coefficient (Wildman–Crippen LogP) is 3.09. The van der Waals surface area contributed by atoms with E-state index in [1.807, 2.05) is 0 Å². The van der Waals surface area contributed by atoms with Crippen molar-refractivity contribution in [3.05, 3.63) is 30.1 Å². The molecule has 0 bridgehead atoms. The van der Waals surface area contributed by atoms with E-state index in [9.17, 15) is 4.39 Å². The molecule has 1 heterocycles. The van der Waals surface area contributed by atoms with Crippen LogP contribution in [0.4, 0.5) is 4.39 Å². The number of rotatable bonds is 7. The maximum atomic E-state index is 13.4. The second-order valence-corrected chi connectivity index (χ2v) is 6.25. The summed E-state index contributed by atoms with van der Waals surface area (Å²) in [5.41, 5.74) is 0. The lowest BCUT2D eigenvalue weighted by Gasteiger charge is -2.32. The first-order chi connectivity index (χ1) is 10.3. The fourth-order valence-corrected chi connectivity index (χ4v) is 2.86. The van der Waals surface area contributed by atoms with Crippen molar-refractivity contribution in [3.8, 4) is 5.75 Å². The van der Waals surface area contributed by atoms with Crippen molar-refractivity contribution in [3.63, 3.8) is 0 Å². The van der Waals surface area contributed by atoms with Crippen LogP contribution in [-0.4, -0.2) is 43.7 Å². The van der Waals surface area contributed by atoms with Gasteiger partial charge >= 0.3 is 0 Å². The van der Waals surface area contributed by atoms with E-state index in [0.29, 0.717) is 18.4 Å². The molecular weight excluding hydrogens is 303 g/mol. The zero-order valence-electron chi connectivity index (χ0n) is 13.0. The lowest BCUT2D eigenvalue weighted by molar-refractivity contribution is 0.162. The highest BCUT2D eigenvalue weighted by Crippen LogP contribution is 2.28. The number of hydrogen-bond acceptors (Lipinski definition) is 3. The van der Waals surface area contributed by atoms with Crippen LogP contribution in [0.2, 0.25) is 0 Å². The molecule has 0 unspecified atom stereocenters. The Morgan fingerprint density at radius 3 is 2.55 bits per heavy atom. The Morgan fingerprint density at radius 2 is 1.86 bits per heavy atom. The molecule has 3 nitrogen and oxygen atoms in total. The molecule has 1 N–H and O–H groups in total. The van der Waals surface area contributed by atoms with Crippen LogP contribution < -0.4 is 10.1 Å². The van der Waals surface area contributed by atoms with Crippen LogP contribution in [0.15, 0.2) is 24.3 Å². The molecule has 3 rings (SSSR count). The van der Waals surface area contributed by atoms with Gasteiger partial charge in [0.2, 0.25) is 0 Å². The molecule has 5 heteroatoms. The zero-order valence-corrected chi connectivity index (χ0v) is 13.8. The standard InChI is InChI=1S/C17H25FN2O.ClH/c18-16-3-1-2-4-17(16)21-12-11-20-9-7-15(8-10-20)19-13-14-5-6-14;/h1-4,14-15,19H,5-13H2;1H. The summed E-state index contributed by atoms with van der Waals surface area (Å²) < 4.78 is 18.9. The number of benzene rings is 1. The number of nitrogens with zero attached hydrogens (tertiary/aromatic N) is 1. The molecule has 0 spiro atoms. The quantitative estimate of drug-likeness (QED) is 0.832. The molecule has 1 aromatic carbocycles. The molecule has 2 aliphatic rings. The fourth-order valence-electron chi connectivity index (χ4n) is 2.86. The summed E-state index contributed by atoms with van der Waals surface area (Å²) in [4.78, 5) is 2.41. The van der Waals surface area contributed by atoms with Gasteiger partial charge in [0.25, 0.3) is 0 Å². The Balaban J connectivity index is 0.00000176. The lowest BCUT2D eigenvalue weighted by Crippen LogP contribution is -2.44. The number of likely N-dealkylation sites (tertiary alicyclic amines) is 1. The van der Waals surface area contributed by atoms with Crippen LogP contribution in [0.25, 0.3) is 0 Å². The van der Waals surface area contributed by atoms with Gasteiger partial charge in [-0.05, 0) is 63.4 Å². The Hall–Kier alpha value is -0.840. The third kappa shape index (κ3) is 5.41. The van der Waals surface area contributed by atoms with E-state index in [2.05, 4.69) is 10.2 Å². The highest BCUT2D eigenvalue weighted by Gasteiger charge is 2.24. The molecule has 124 valence electrons. The highest BCUT2D eigenvalue weighted by molar-refractivity contribution is 5.85. The van der Waals surface area contributed by atoms with Crippen molar-refractivity contribution in [1.29, 1.82) is 0 Å². The van der Waals surface area contributed by atoms with E-state index in [0.717, 1.165) is 25.6 Å². The van der Waals surface area contributed by atoms with E-state index in [1.54, 1.807) is 18.2 Å². The van der Waals surface area contributed by atoms with Gasteiger partial charge in [-0.2, -0.15) is 0 Å². The first-order valence-corrected chi connectivity index (χ1v) is 8.14. The molecule has 0 radical (unpaired) electrons. The lowest BCUT2D eigenvalue weighted by atomic mass is 10.0. The van der Waals surface area contributed by atoms with Crippen LogP contribution in [0.3, 0.4) is 0 Å². The Kier molecular flexibility index (Phi) is 6.93. The highest BCUT2D eigenvalue weighted by atomic mass is 35.5. The summed E-state index contributed by atoms with van der Waals surface area (Å²) in [6.45, 7) is 4.87. The van der Waals surface area contributed by atoms with E-state index >= 15 is 0 Å². The molecular formula is C17H26ClFN2O. The van der Waals surface area contributed by atoms with E-state index in [1.165, 1.54) is 38.3 Å². The summed E-state index contributed by atoms with van der Waals surface area (Å²) in [6, 6.07) is 7.29. The average Bonchev–Trinajstić information content (AvgIpc) is 3.33. The zero-order chi connectivity index (χ0) is 14.5. The van der Waals surface area contributed by atoms with Crippen molar-refractivity contribution in [1.82, 2.24) is 10.2 Å².